The summed E-state index contributed by atoms with van der Waals surface area (Å²) in [5.41, 5.74) is 14.5. The Morgan fingerprint density at radius 2 is 0.745 bits per heavy atom. The van der Waals surface area contributed by atoms with Gasteiger partial charge in [-0.2, -0.15) is 0 Å². The van der Waals surface area contributed by atoms with Gasteiger partial charge in [-0.05, 0) is 70.1 Å². The van der Waals surface area contributed by atoms with E-state index in [0.29, 0.717) is 0 Å². The van der Waals surface area contributed by atoms with Crippen LogP contribution in [0.1, 0.15) is 0 Å². The molecule has 0 unspecified atom stereocenters. The van der Waals surface area contributed by atoms with Gasteiger partial charge in [0.1, 0.15) is 11.2 Å². The van der Waals surface area contributed by atoms with E-state index in [9.17, 15) is 0 Å². The van der Waals surface area contributed by atoms with Gasteiger partial charge < -0.3 is 4.57 Å². The third-order valence-corrected chi connectivity index (χ3v) is 11.4. The number of hydrogen-bond donors (Lipinski definition) is 0. The average Bonchev–Trinajstić information content (AvgIpc) is 3.92. The number of nitrogens with zero attached hydrogens (tertiary/aromatic N) is 4. The van der Waals surface area contributed by atoms with Gasteiger partial charge in [0.05, 0.1) is 27.8 Å². The standard InChI is InChI=1S/C51H32N4/c1-2-14-33(15-3-1)34-26-28-35(29-27-34)36-30-37(53-45-22-10-7-18-41(45)42-19-8-11-23-46(42)53)32-38(31-36)54-48-25-13-9-21-44(48)49-51(54)55-47-24-12-6-17-40(47)39-16-4-5-20-43(39)50(55)52-49/h1-32H. The molecule has 4 heterocycles. The van der Waals surface area contributed by atoms with Crippen molar-refractivity contribution in [3.05, 3.63) is 194 Å². The fourth-order valence-corrected chi connectivity index (χ4v) is 8.97. The van der Waals surface area contributed by atoms with Crippen LogP contribution in [0.15, 0.2) is 194 Å². The summed E-state index contributed by atoms with van der Waals surface area (Å²) in [6.45, 7) is 0. The van der Waals surface area contributed by atoms with Crippen LogP contribution in [0.25, 0.3) is 105 Å². The quantitative estimate of drug-likeness (QED) is 0.168. The predicted molar refractivity (Wildman–Crippen MR) is 230 cm³/mol. The van der Waals surface area contributed by atoms with E-state index >= 15 is 0 Å². The molecule has 0 radical (unpaired) electrons. The zero-order valence-corrected chi connectivity index (χ0v) is 29.8. The number of benzene rings is 8. The van der Waals surface area contributed by atoms with Crippen molar-refractivity contribution in [3.63, 3.8) is 0 Å². The highest BCUT2D eigenvalue weighted by molar-refractivity contribution is 6.17. The molecule has 0 saturated heterocycles. The molecule has 0 fully saturated rings. The first kappa shape index (κ1) is 30.1. The molecule has 0 aliphatic heterocycles. The van der Waals surface area contributed by atoms with Crippen LogP contribution in [0.2, 0.25) is 0 Å². The van der Waals surface area contributed by atoms with E-state index in [1.54, 1.807) is 0 Å². The molecule has 0 bridgehead atoms. The second-order valence-electron chi connectivity index (χ2n) is 14.4. The molecule has 0 spiro atoms. The molecule has 12 rings (SSSR count). The van der Waals surface area contributed by atoms with Crippen LogP contribution >= 0.6 is 0 Å². The summed E-state index contributed by atoms with van der Waals surface area (Å²) in [5.74, 6) is 0. The summed E-state index contributed by atoms with van der Waals surface area (Å²) in [6, 6.07) is 70.2. The van der Waals surface area contributed by atoms with Gasteiger partial charge in [-0.3, -0.25) is 8.97 Å². The Labute approximate surface area is 316 Å². The highest BCUT2D eigenvalue weighted by Crippen LogP contribution is 2.40. The fourth-order valence-electron chi connectivity index (χ4n) is 8.97. The molecule has 4 nitrogen and oxygen atoms in total. The Balaban J connectivity index is 1.21. The van der Waals surface area contributed by atoms with Crippen LogP contribution in [-0.2, 0) is 0 Å². The molecule has 4 aromatic heterocycles. The Morgan fingerprint density at radius 3 is 1.38 bits per heavy atom. The number of fused-ring (bicyclic) bond motifs is 13. The molecule has 8 aromatic carbocycles. The van der Waals surface area contributed by atoms with Crippen molar-refractivity contribution in [2.75, 3.05) is 0 Å². The van der Waals surface area contributed by atoms with E-state index in [2.05, 4.69) is 208 Å². The Hall–Kier alpha value is -7.43. The average molecular weight is 701 g/mol. The molecule has 256 valence electrons. The molecular weight excluding hydrogens is 669 g/mol. The van der Waals surface area contributed by atoms with Crippen LogP contribution in [0, 0.1) is 0 Å². The molecule has 55 heavy (non-hydrogen) atoms. The minimum Gasteiger partial charge on any atom is -0.309 e. The summed E-state index contributed by atoms with van der Waals surface area (Å²) in [6.07, 6.45) is 0. The summed E-state index contributed by atoms with van der Waals surface area (Å²) < 4.78 is 7.25. The highest BCUT2D eigenvalue weighted by Gasteiger charge is 2.23. The van der Waals surface area contributed by atoms with Gasteiger partial charge in [-0.1, -0.05) is 152 Å². The van der Waals surface area contributed by atoms with Gasteiger partial charge in [0.25, 0.3) is 0 Å². The van der Waals surface area contributed by atoms with Crippen molar-refractivity contribution in [2.45, 2.75) is 0 Å². The third kappa shape index (κ3) is 4.37. The first-order valence-corrected chi connectivity index (χ1v) is 18.8. The molecule has 0 aliphatic rings. The maximum absolute atomic E-state index is 5.48. The molecule has 0 atom stereocenters. The van der Waals surface area contributed by atoms with E-state index in [-0.39, 0.29) is 0 Å². The Morgan fingerprint density at radius 1 is 0.309 bits per heavy atom. The Kier molecular flexibility index (Phi) is 6.31. The second kappa shape index (κ2) is 11.5. The van der Waals surface area contributed by atoms with Crippen molar-refractivity contribution in [2.24, 2.45) is 0 Å². The van der Waals surface area contributed by atoms with Crippen molar-refractivity contribution in [1.29, 1.82) is 0 Å². The number of imidazole rings is 1. The normalized spacial score (nSPS) is 12.0. The summed E-state index contributed by atoms with van der Waals surface area (Å²) in [5, 5.41) is 7.18. The molecule has 0 aliphatic carbocycles. The summed E-state index contributed by atoms with van der Waals surface area (Å²) in [4.78, 5) is 5.48. The molecule has 0 N–H and O–H groups in total. The first-order valence-electron chi connectivity index (χ1n) is 18.8. The third-order valence-electron chi connectivity index (χ3n) is 11.4. The fraction of sp³-hybridized carbons (Fsp3) is 0. The maximum atomic E-state index is 5.48. The highest BCUT2D eigenvalue weighted by atomic mass is 15.2. The van der Waals surface area contributed by atoms with E-state index in [1.807, 2.05) is 0 Å². The van der Waals surface area contributed by atoms with Crippen molar-refractivity contribution >= 4 is 71.2 Å². The van der Waals surface area contributed by atoms with Crippen molar-refractivity contribution in [3.8, 4) is 33.6 Å². The van der Waals surface area contributed by atoms with Gasteiger partial charge in [-0.15, -0.1) is 0 Å². The lowest BCUT2D eigenvalue weighted by Gasteiger charge is -2.17. The van der Waals surface area contributed by atoms with Crippen LogP contribution in [0.3, 0.4) is 0 Å². The largest absolute Gasteiger partial charge is 0.309 e. The SMILES string of the molecule is c1ccc(-c2ccc(-c3cc(-n4c5ccccc5c5ccccc54)cc(-n4c5ccccc5c5nc6c7ccccc7c7ccccc7n6c54)c3)cc2)cc1. The second-order valence-corrected chi connectivity index (χ2v) is 14.4. The van der Waals surface area contributed by atoms with Crippen molar-refractivity contribution in [1.82, 2.24) is 18.5 Å². The van der Waals surface area contributed by atoms with Crippen LogP contribution < -0.4 is 0 Å². The first-order chi connectivity index (χ1) is 27.3. The van der Waals surface area contributed by atoms with E-state index in [4.69, 9.17) is 4.98 Å². The molecule has 0 saturated carbocycles. The lowest BCUT2D eigenvalue weighted by atomic mass is 9.99. The number of aromatic nitrogens is 4. The van der Waals surface area contributed by atoms with Crippen molar-refractivity contribution < 1.29 is 0 Å². The van der Waals surface area contributed by atoms with E-state index in [1.165, 1.54) is 43.7 Å². The van der Waals surface area contributed by atoms with Crippen LogP contribution in [-0.4, -0.2) is 18.5 Å². The van der Waals surface area contributed by atoms with Gasteiger partial charge in [0.2, 0.25) is 0 Å². The number of pyridine rings is 1. The summed E-state index contributed by atoms with van der Waals surface area (Å²) >= 11 is 0. The summed E-state index contributed by atoms with van der Waals surface area (Å²) in [7, 11) is 0. The molecule has 12 aromatic rings. The van der Waals surface area contributed by atoms with Crippen LogP contribution in [0.4, 0.5) is 0 Å². The number of para-hydroxylation sites is 4. The maximum Gasteiger partial charge on any atom is 0.151 e. The molecule has 4 heteroatoms. The minimum absolute atomic E-state index is 0.967. The van der Waals surface area contributed by atoms with Gasteiger partial charge in [0, 0.05) is 32.6 Å². The topological polar surface area (TPSA) is 27.2 Å². The zero-order valence-electron chi connectivity index (χ0n) is 29.8. The van der Waals surface area contributed by atoms with E-state index in [0.717, 1.165) is 61.1 Å². The van der Waals surface area contributed by atoms with Gasteiger partial charge >= 0.3 is 0 Å². The minimum atomic E-state index is 0.967. The smallest absolute Gasteiger partial charge is 0.151 e. The van der Waals surface area contributed by atoms with E-state index < -0.39 is 0 Å². The molecular formula is C51H32N4. The van der Waals surface area contributed by atoms with Gasteiger partial charge in [0.15, 0.2) is 5.65 Å². The van der Waals surface area contributed by atoms with Crippen LogP contribution in [0.5, 0.6) is 0 Å². The molecule has 0 amide bonds. The van der Waals surface area contributed by atoms with Gasteiger partial charge in [-0.25, -0.2) is 4.98 Å². The monoisotopic (exact) mass is 700 g/mol. The zero-order chi connectivity index (χ0) is 36.0. The Bertz CT molecular complexity index is 3420. The number of rotatable bonds is 4. The predicted octanol–water partition coefficient (Wildman–Crippen LogP) is 13.2. The lowest BCUT2D eigenvalue weighted by molar-refractivity contribution is 1.10. The lowest BCUT2D eigenvalue weighted by Crippen LogP contribution is -2.02. The number of hydrogen-bond acceptors (Lipinski definition) is 1.